The van der Waals surface area contributed by atoms with Crippen LogP contribution in [-0.2, 0) is 22.6 Å². The van der Waals surface area contributed by atoms with Crippen molar-refractivity contribution >= 4 is 33.6 Å². The predicted molar refractivity (Wildman–Crippen MR) is 124 cm³/mol. The van der Waals surface area contributed by atoms with E-state index in [2.05, 4.69) is 35.3 Å². The van der Waals surface area contributed by atoms with Crippen LogP contribution in [0.5, 0.6) is 5.75 Å². The Labute approximate surface area is 186 Å². The van der Waals surface area contributed by atoms with Crippen molar-refractivity contribution in [2.45, 2.75) is 50.9 Å². The Balaban J connectivity index is 1.47. The maximum Gasteiger partial charge on any atom is 0.317 e. The molecule has 31 heavy (non-hydrogen) atoms. The van der Waals surface area contributed by atoms with Gasteiger partial charge in [-0.25, -0.2) is 0 Å². The molecule has 3 rings (SSSR count). The smallest absolute Gasteiger partial charge is 0.317 e. The molecule has 5 nitrogen and oxygen atoms in total. The van der Waals surface area contributed by atoms with Gasteiger partial charge < -0.3 is 9.84 Å². The van der Waals surface area contributed by atoms with Crippen LogP contribution in [0.4, 0.5) is 0 Å². The number of unbranched alkanes of at least 4 members (excludes halogenated alkanes) is 2. The number of ether oxygens (including phenoxy) is 1. The van der Waals surface area contributed by atoms with Crippen molar-refractivity contribution in [3.05, 3.63) is 72.1 Å². The molecule has 0 aliphatic rings. The van der Waals surface area contributed by atoms with Gasteiger partial charge in [0.15, 0.2) is 5.12 Å². The molecule has 0 aliphatic heterocycles. The van der Waals surface area contributed by atoms with Crippen molar-refractivity contribution in [1.82, 2.24) is 4.98 Å². The lowest BCUT2D eigenvalue weighted by Crippen LogP contribution is -2.17. The fraction of sp³-hybridized carbons (Fsp3) is 0.320. The number of fused-ring (bicyclic) bond motifs is 1. The summed E-state index contributed by atoms with van der Waals surface area (Å²) in [6, 6.07) is 16.5. The monoisotopic (exact) mass is 437 g/mol. The van der Waals surface area contributed by atoms with Crippen molar-refractivity contribution in [3.8, 4) is 5.75 Å². The van der Waals surface area contributed by atoms with E-state index < -0.39 is 11.2 Å². The normalized spacial score (nSPS) is 11.9. The van der Waals surface area contributed by atoms with Crippen molar-refractivity contribution < 1.29 is 19.4 Å². The van der Waals surface area contributed by atoms with E-state index in [1.807, 2.05) is 18.2 Å². The molecule has 0 aliphatic carbocycles. The van der Waals surface area contributed by atoms with Crippen LogP contribution in [0.15, 0.2) is 60.9 Å². The largest absolute Gasteiger partial charge is 0.489 e. The van der Waals surface area contributed by atoms with Gasteiger partial charge in [0, 0.05) is 19.3 Å². The number of hydrogen-bond acceptors (Lipinski definition) is 5. The molecule has 2 aromatic carbocycles. The topological polar surface area (TPSA) is 76.5 Å². The Hall–Kier alpha value is -2.86. The van der Waals surface area contributed by atoms with Gasteiger partial charge in [-0.2, -0.15) is 0 Å². The Morgan fingerprint density at radius 2 is 1.71 bits per heavy atom. The SMILES string of the molecule is CC(=O)SC(CCCCCc1ccc2cc(OCc3ccncc3)ccc2c1)C(=O)O. The highest BCUT2D eigenvalue weighted by Gasteiger charge is 2.19. The summed E-state index contributed by atoms with van der Waals surface area (Å²) < 4.78 is 5.89. The quantitative estimate of drug-likeness (QED) is 0.391. The van der Waals surface area contributed by atoms with E-state index in [0.717, 1.165) is 54.1 Å². The van der Waals surface area contributed by atoms with Crippen molar-refractivity contribution in [2.75, 3.05) is 0 Å². The van der Waals surface area contributed by atoms with Gasteiger partial charge in [-0.05, 0) is 65.4 Å². The second-order valence-electron chi connectivity index (χ2n) is 7.52. The number of carbonyl (C=O) groups excluding carboxylic acids is 1. The number of thioether (sulfide) groups is 1. The van der Waals surface area contributed by atoms with Gasteiger partial charge in [0.05, 0.1) is 0 Å². The number of aromatic nitrogens is 1. The third-order valence-corrected chi connectivity index (χ3v) is 6.10. The number of aryl methyl sites for hydroxylation is 1. The zero-order valence-electron chi connectivity index (χ0n) is 17.6. The molecule has 0 radical (unpaired) electrons. The Bertz CT molecular complexity index is 1020. The van der Waals surface area contributed by atoms with E-state index in [1.54, 1.807) is 12.4 Å². The Morgan fingerprint density at radius 1 is 0.968 bits per heavy atom. The molecular formula is C25H27NO4S. The van der Waals surface area contributed by atoms with Gasteiger partial charge in [-0.15, -0.1) is 0 Å². The summed E-state index contributed by atoms with van der Waals surface area (Å²) in [5, 5.41) is 10.7. The molecule has 1 N–H and O–H groups in total. The minimum Gasteiger partial charge on any atom is -0.489 e. The van der Waals surface area contributed by atoms with Crippen LogP contribution in [0.25, 0.3) is 10.8 Å². The third kappa shape index (κ3) is 7.40. The predicted octanol–water partition coefficient (Wildman–Crippen LogP) is 5.65. The first-order chi connectivity index (χ1) is 15.0. The Kier molecular flexibility index (Phi) is 8.47. The number of rotatable bonds is 11. The van der Waals surface area contributed by atoms with Gasteiger partial charge in [-0.3, -0.25) is 14.6 Å². The van der Waals surface area contributed by atoms with Crippen LogP contribution in [0.1, 0.15) is 43.7 Å². The number of aliphatic carboxylic acids is 1. The van der Waals surface area contributed by atoms with Gasteiger partial charge in [0.25, 0.3) is 0 Å². The fourth-order valence-electron chi connectivity index (χ4n) is 3.43. The van der Waals surface area contributed by atoms with Crippen LogP contribution in [0, 0.1) is 0 Å². The van der Waals surface area contributed by atoms with Gasteiger partial charge in [0.1, 0.15) is 17.6 Å². The number of pyridine rings is 1. The highest BCUT2D eigenvalue weighted by atomic mass is 32.2. The van der Waals surface area contributed by atoms with E-state index in [1.165, 1.54) is 17.9 Å². The molecule has 0 spiro atoms. The van der Waals surface area contributed by atoms with E-state index in [0.29, 0.717) is 13.0 Å². The Morgan fingerprint density at radius 3 is 2.45 bits per heavy atom. The highest BCUT2D eigenvalue weighted by Crippen LogP contribution is 2.24. The highest BCUT2D eigenvalue weighted by molar-refractivity contribution is 8.14. The van der Waals surface area contributed by atoms with Gasteiger partial charge in [0.2, 0.25) is 0 Å². The molecule has 0 saturated heterocycles. The summed E-state index contributed by atoms with van der Waals surface area (Å²) in [7, 11) is 0. The first-order valence-corrected chi connectivity index (χ1v) is 11.3. The van der Waals surface area contributed by atoms with Crippen molar-refractivity contribution in [1.29, 1.82) is 0 Å². The van der Waals surface area contributed by atoms with E-state index >= 15 is 0 Å². The van der Waals surface area contributed by atoms with E-state index in [4.69, 9.17) is 4.74 Å². The van der Waals surface area contributed by atoms with Crippen LogP contribution in [0.3, 0.4) is 0 Å². The first-order valence-electron chi connectivity index (χ1n) is 10.5. The van der Waals surface area contributed by atoms with Crippen molar-refractivity contribution in [3.63, 3.8) is 0 Å². The molecule has 1 unspecified atom stereocenters. The lowest BCUT2D eigenvalue weighted by Gasteiger charge is -2.10. The summed E-state index contributed by atoms with van der Waals surface area (Å²) in [6.07, 6.45) is 7.75. The molecular weight excluding hydrogens is 410 g/mol. The molecule has 1 atom stereocenters. The molecule has 0 bridgehead atoms. The molecule has 6 heteroatoms. The average Bonchev–Trinajstić information content (AvgIpc) is 2.77. The minimum atomic E-state index is -0.904. The number of benzene rings is 2. The van der Waals surface area contributed by atoms with E-state index in [9.17, 15) is 14.7 Å². The van der Waals surface area contributed by atoms with E-state index in [-0.39, 0.29) is 5.12 Å². The lowest BCUT2D eigenvalue weighted by atomic mass is 10.0. The number of carboxylic acids is 1. The lowest BCUT2D eigenvalue weighted by molar-refractivity contribution is -0.136. The third-order valence-electron chi connectivity index (χ3n) is 5.05. The second kappa shape index (κ2) is 11.5. The molecule has 162 valence electrons. The molecule has 1 heterocycles. The fourth-order valence-corrected chi connectivity index (χ4v) is 4.22. The molecule has 0 saturated carbocycles. The molecule has 0 amide bonds. The maximum atomic E-state index is 11.2. The summed E-state index contributed by atoms with van der Waals surface area (Å²) in [5.74, 6) is -0.0627. The van der Waals surface area contributed by atoms with Crippen LogP contribution in [-0.4, -0.2) is 26.4 Å². The zero-order valence-corrected chi connectivity index (χ0v) is 18.4. The maximum absolute atomic E-state index is 11.2. The average molecular weight is 438 g/mol. The second-order valence-corrected chi connectivity index (χ2v) is 8.90. The summed E-state index contributed by atoms with van der Waals surface area (Å²) in [5.41, 5.74) is 2.35. The summed E-state index contributed by atoms with van der Waals surface area (Å²) >= 11 is 0.915. The number of carboxylic acid groups (broad SMARTS) is 1. The van der Waals surface area contributed by atoms with Crippen molar-refractivity contribution in [2.24, 2.45) is 0 Å². The summed E-state index contributed by atoms with van der Waals surface area (Å²) in [6.45, 7) is 1.93. The summed E-state index contributed by atoms with van der Waals surface area (Å²) in [4.78, 5) is 26.4. The minimum absolute atomic E-state index is 0.144. The van der Waals surface area contributed by atoms with Crippen LogP contribution < -0.4 is 4.74 Å². The molecule has 3 aromatic rings. The van der Waals surface area contributed by atoms with Gasteiger partial charge >= 0.3 is 5.97 Å². The zero-order chi connectivity index (χ0) is 22.1. The number of carbonyl (C=O) groups is 2. The molecule has 0 fully saturated rings. The number of hydrogen-bond donors (Lipinski definition) is 1. The number of nitrogens with zero attached hydrogens (tertiary/aromatic N) is 1. The first kappa shape index (κ1) is 22.8. The molecule has 1 aromatic heterocycles. The van der Waals surface area contributed by atoms with Crippen LogP contribution in [0.2, 0.25) is 0 Å². The van der Waals surface area contributed by atoms with Gasteiger partial charge in [-0.1, -0.05) is 48.9 Å². The standard InChI is InChI=1S/C25H27NO4S/c1-18(27)31-24(25(28)29)6-4-2-3-5-19-7-8-22-16-23(10-9-21(22)15-19)30-17-20-11-13-26-14-12-20/h7-16,24H,2-6,17H2,1H3,(H,28,29). The van der Waals surface area contributed by atoms with Crippen LogP contribution >= 0.6 is 11.8 Å².